The molecule has 2 rings (SSSR count). The Morgan fingerprint density at radius 2 is 1.88 bits per heavy atom. The Bertz CT molecular complexity index is 277. The maximum absolute atomic E-state index is 11.4. The lowest BCUT2D eigenvalue weighted by Gasteiger charge is -2.40. The summed E-state index contributed by atoms with van der Waals surface area (Å²) in [7, 11) is 0. The normalized spacial score (nSPS) is 35.4. The highest BCUT2D eigenvalue weighted by atomic mass is 16.4. The van der Waals surface area contributed by atoms with E-state index in [9.17, 15) is 9.90 Å². The number of aliphatic carboxylic acids is 1. The molecule has 0 aromatic carbocycles. The van der Waals surface area contributed by atoms with Crippen molar-refractivity contribution >= 4 is 5.97 Å². The van der Waals surface area contributed by atoms with Gasteiger partial charge in [-0.1, -0.05) is 26.7 Å². The Balaban J connectivity index is 2.10. The number of likely N-dealkylation sites (tertiary alicyclic amines) is 1. The molecule has 0 spiro atoms. The lowest BCUT2D eigenvalue weighted by atomic mass is 9.82. The van der Waals surface area contributed by atoms with Gasteiger partial charge in [0.25, 0.3) is 0 Å². The van der Waals surface area contributed by atoms with E-state index < -0.39 is 5.97 Å². The van der Waals surface area contributed by atoms with Gasteiger partial charge in [0.2, 0.25) is 0 Å². The van der Waals surface area contributed by atoms with Gasteiger partial charge in [0, 0.05) is 12.1 Å². The average Bonchev–Trinajstić information content (AvgIpc) is 2.77. The molecule has 1 heterocycles. The van der Waals surface area contributed by atoms with Gasteiger partial charge < -0.3 is 5.11 Å². The fraction of sp³-hybridized carbons (Fsp3) is 0.929. The van der Waals surface area contributed by atoms with Crippen molar-refractivity contribution < 1.29 is 9.90 Å². The summed E-state index contributed by atoms with van der Waals surface area (Å²) in [5.41, 5.74) is 0. The quantitative estimate of drug-likeness (QED) is 0.823. The van der Waals surface area contributed by atoms with Gasteiger partial charge in [-0.15, -0.1) is 0 Å². The Labute approximate surface area is 104 Å². The molecule has 1 N–H and O–H groups in total. The van der Waals surface area contributed by atoms with E-state index in [0.29, 0.717) is 18.0 Å². The molecule has 1 aliphatic heterocycles. The SMILES string of the molecule is CC(C)C1CCCN1C1CCCCC1C(=O)O. The van der Waals surface area contributed by atoms with Crippen LogP contribution in [0.3, 0.4) is 0 Å². The zero-order valence-corrected chi connectivity index (χ0v) is 11.1. The first-order valence-electron chi connectivity index (χ1n) is 7.10. The summed E-state index contributed by atoms with van der Waals surface area (Å²) in [6.45, 7) is 5.64. The van der Waals surface area contributed by atoms with Crippen molar-refractivity contribution in [3.63, 3.8) is 0 Å². The molecule has 1 saturated heterocycles. The van der Waals surface area contributed by atoms with Crippen molar-refractivity contribution in [2.45, 2.75) is 64.5 Å². The molecule has 2 fully saturated rings. The van der Waals surface area contributed by atoms with Crippen LogP contribution in [-0.4, -0.2) is 34.6 Å². The van der Waals surface area contributed by atoms with E-state index in [1.54, 1.807) is 0 Å². The summed E-state index contributed by atoms with van der Waals surface area (Å²) < 4.78 is 0. The van der Waals surface area contributed by atoms with Crippen LogP contribution in [0.2, 0.25) is 0 Å². The average molecular weight is 239 g/mol. The maximum Gasteiger partial charge on any atom is 0.308 e. The number of carbonyl (C=O) groups is 1. The second-order valence-electron chi connectivity index (χ2n) is 5.99. The van der Waals surface area contributed by atoms with Gasteiger partial charge in [-0.2, -0.15) is 0 Å². The molecule has 0 radical (unpaired) electrons. The number of carboxylic acids is 1. The summed E-state index contributed by atoms with van der Waals surface area (Å²) in [6.07, 6.45) is 6.75. The molecule has 0 bridgehead atoms. The molecule has 3 atom stereocenters. The van der Waals surface area contributed by atoms with Crippen LogP contribution in [0.15, 0.2) is 0 Å². The van der Waals surface area contributed by atoms with Crippen LogP contribution >= 0.6 is 0 Å². The minimum atomic E-state index is -0.580. The molecule has 0 amide bonds. The molecule has 1 saturated carbocycles. The van der Waals surface area contributed by atoms with E-state index in [1.165, 1.54) is 19.3 Å². The lowest BCUT2D eigenvalue weighted by Crippen LogP contribution is -2.49. The highest BCUT2D eigenvalue weighted by molar-refractivity contribution is 5.71. The minimum absolute atomic E-state index is 0.122. The Morgan fingerprint density at radius 1 is 1.18 bits per heavy atom. The highest BCUT2D eigenvalue weighted by Crippen LogP contribution is 2.35. The van der Waals surface area contributed by atoms with Crippen LogP contribution in [0.4, 0.5) is 0 Å². The fourth-order valence-corrected chi connectivity index (χ4v) is 3.74. The van der Waals surface area contributed by atoms with E-state index in [-0.39, 0.29) is 5.92 Å². The van der Waals surface area contributed by atoms with Crippen molar-refractivity contribution in [1.29, 1.82) is 0 Å². The predicted octanol–water partition coefficient (Wildman–Crippen LogP) is 2.75. The summed E-state index contributed by atoms with van der Waals surface area (Å²) in [6, 6.07) is 0.913. The van der Waals surface area contributed by atoms with Gasteiger partial charge in [0.15, 0.2) is 0 Å². The van der Waals surface area contributed by atoms with Gasteiger partial charge in [-0.25, -0.2) is 0 Å². The monoisotopic (exact) mass is 239 g/mol. The van der Waals surface area contributed by atoms with Gasteiger partial charge in [0.1, 0.15) is 0 Å². The number of hydrogen-bond donors (Lipinski definition) is 1. The Kier molecular flexibility index (Phi) is 4.08. The molecule has 3 nitrogen and oxygen atoms in total. The summed E-state index contributed by atoms with van der Waals surface area (Å²) in [5.74, 6) is -0.0546. The molecular formula is C14H25NO2. The van der Waals surface area contributed by atoms with Crippen LogP contribution < -0.4 is 0 Å². The van der Waals surface area contributed by atoms with Crippen molar-refractivity contribution in [3.05, 3.63) is 0 Å². The summed E-state index contributed by atoms with van der Waals surface area (Å²) in [5, 5.41) is 9.37. The minimum Gasteiger partial charge on any atom is -0.481 e. The largest absolute Gasteiger partial charge is 0.481 e. The first kappa shape index (κ1) is 12.9. The lowest BCUT2D eigenvalue weighted by molar-refractivity contribution is -0.146. The van der Waals surface area contributed by atoms with Gasteiger partial charge >= 0.3 is 5.97 Å². The molecule has 0 aromatic heterocycles. The van der Waals surface area contributed by atoms with Gasteiger partial charge in [-0.05, 0) is 38.1 Å². The van der Waals surface area contributed by atoms with Gasteiger partial charge in [0.05, 0.1) is 5.92 Å². The topological polar surface area (TPSA) is 40.5 Å². The van der Waals surface area contributed by atoms with Crippen LogP contribution in [0.1, 0.15) is 52.4 Å². The van der Waals surface area contributed by atoms with Crippen molar-refractivity contribution in [1.82, 2.24) is 4.90 Å². The van der Waals surface area contributed by atoms with Crippen LogP contribution in [-0.2, 0) is 4.79 Å². The highest BCUT2D eigenvalue weighted by Gasteiger charge is 2.40. The standard InChI is InChI=1S/C14H25NO2/c1-10(2)12-8-5-9-15(12)13-7-4-3-6-11(13)14(16)17/h10-13H,3-9H2,1-2H3,(H,16,17). The van der Waals surface area contributed by atoms with Crippen molar-refractivity contribution in [3.8, 4) is 0 Å². The maximum atomic E-state index is 11.4. The van der Waals surface area contributed by atoms with Crippen molar-refractivity contribution in [2.75, 3.05) is 6.54 Å². The molecule has 3 heteroatoms. The zero-order chi connectivity index (χ0) is 12.4. The fourth-order valence-electron chi connectivity index (χ4n) is 3.74. The number of hydrogen-bond acceptors (Lipinski definition) is 2. The number of nitrogens with zero attached hydrogens (tertiary/aromatic N) is 1. The molecule has 1 aliphatic carbocycles. The number of rotatable bonds is 3. The van der Waals surface area contributed by atoms with Crippen LogP contribution in [0, 0.1) is 11.8 Å². The second kappa shape index (κ2) is 5.38. The van der Waals surface area contributed by atoms with Crippen LogP contribution in [0.5, 0.6) is 0 Å². The van der Waals surface area contributed by atoms with E-state index in [4.69, 9.17) is 0 Å². The molecular weight excluding hydrogens is 214 g/mol. The zero-order valence-electron chi connectivity index (χ0n) is 11.1. The third kappa shape index (κ3) is 2.65. The summed E-state index contributed by atoms with van der Waals surface area (Å²) >= 11 is 0. The molecule has 3 unspecified atom stereocenters. The first-order valence-corrected chi connectivity index (χ1v) is 7.10. The van der Waals surface area contributed by atoms with Gasteiger partial charge in [-0.3, -0.25) is 9.69 Å². The third-order valence-corrected chi connectivity index (χ3v) is 4.58. The van der Waals surface area contributed by atoms with Crippen molar-refractivity contribution in [2.24, 2.45) is 11.8 Å². The third-order valence-electron chi connectivity index (χ3n) is 4.58. The van der Waals surface area contributed by atoms with Crippen LogP contribution in [0.25, 0.3) is 0 Å². The Morgan fingerprint density at radius 3 is 2.53 bits per heavy atom. The molecule has 98 valence electrons. The smallest absolute Gasteiger partial charge is 0.308 e. The van der Waals surface area contributed by atoms with E-state index in [0.717, 1.165) is 25.8 Å². The molecule has 0 aromatic rings. The summed E-state index contributed by atoms with van der Waals surface area (Å²) in [4.78, 5) is 13.9. The molecule has 2 aliphatic rings. The van der Waals surface area contributed by atoms with E-state index >= 15 is 0 Å². The van der Waals surface area contributed by atoms with E-state index in [1.807, 2.05) is 0 Å². The number of carboxylic acid groups (broad SMARTS) is 1. The Hall–Kier alpha value is -0.570. The predicted molar refractivity (Wildman–Crippen MR) is 67.9 cm³/mol. The second-order valence-corrected chi connectivity index (χ2v) is 5.99. The first-order chi connectivity index (χ1) is 8.11. The molecule has 17 heavy (non-hydrogen) atoms. The van der Waals surface area contributed by atoms with E-state index in [2.05, 4.69) is 18.7 Å².